The monoisotopic (exact) mass is 381 g/mol. The zero-order valence-electron chi connectivity index (χ0n) is 15.2. The third-order valence-corrected chi connectivity index (χ3v) is 4.04. The van der Waals surface area contributed by atoms with Crippen molar-refractivity contribution in [3.8, 4) is 5.75 Å². The van der Waals surface area contributed by atoms with Gasteiger partial charge in [-0.15, -0.1) is 5.10 Å². The van der Waals surface area contributed by atoms with Crippen molar-refractivity contribution < 1.29 is 14.3 Å². The lowest BCUT2D eigenvalue weighted by molar-refractivity contribution is -0.126. The maximum Gasteiger partial charge on any atom is 0.278 e. The van der Waals surface area contributed by atoms with Crippen LogP contribution in [0.4, 0.5) is 0 Å². The summed E-state index contributed by atoms with van der Waals surface area (Å²) in [7, 11) is 1.55. The fourth-order valence-corrected chi connectivity index (χ4v) is 2.60. The van der Waals surface area contributed by atoms with E-state index in [1.165, 1.54) is 0 Å². The molecular weight excluding hydrogens is 362 g/mol. The fraction of sp³-hybridized carbons (Fsp3) is 0.211. The van der Waals surface area contributed by atoms with Gasteiger partial charge in [-0.2, -0.15) is 0 Å². The van der Waals surface area contributed by atoms with Crippen LogP contribution in [-0.4, -0.2) is 40.5 Å². The van der Waals surface area contributed by atoms with Crippen LogP contribution in [-0.2, 0) is 22.7 Å². The van der Waals surface area contributed by atoms with Crippen LogP contribution in [0.15, 0.2) is 53.3 Å². The second kappa shape index (κ2) is 8.76. The Balaban J connectivity index is 1.52. The number of aromatic nitrogens is 3. The zero-order chi connectivity index (χ0) is 19.9. The van der Waals surface area contributed by atoms with Gasteiger partial charge in [-0.25, -0.2) is 4.68 Å². The minimum absolute atomic E-state index is 0.219. The molecule has 144 valence electrons. The molecule has 0 spiro atoms. The number of nitrogens with zero attached hydrogens (tertiary/aromatic N) is 3. The normalized spacial score (nSPS) is 10.5. The van der Waals surface area contributed by atoms with Gasteiger partial charge in [0.05, 0.1) is 19.0 Å². The van der Waals surface area contributed by atoms with Crippen LogP contribution < -0.4 is 20.9 Å². The van der Waals surface area contributed by atoms with E-state index in [0.717, 1.165) is 10.2 Å². The number of hydrogen-bond acceptors (Lipinski definition) is 6. The number of ether oxygens (including phenoxy) is 1. The summed E-state index contributed by atoms with van der Waals surface area (Å²) in [4.78, 5) is 36.3. The maximum atomic E-state index is 12.3. The van der Waals surface area contributed by atoms with Gasteiger partial charge in [0, 0.05) is 12.1 Å². The van der Waals surface area contributed by atoms with E-state index in [2.05, 4.69) is 20.9 Å². The Kier molecular flexibility index (Phi) is 5.95. The third-order valence-electron chi connectivity index (χ3n) is 4.04. The van der Waals surface area contributed by atoms with Crippen LogP contribution in [0.3, 0.4) is 0 Å². The maximum absolute atomic E-state index is 12.3. The molecule has 3 rings (SSSR count). The molecule has 0 saturated carbocycles. The van der Waals surface area contributed by atoms with Gasteiger partial charge in [0.2, 0.25) is 11.8 Å². The quantitative estimate of drug-likeness (QED) is 0.606. The summed E-state index contributed by atoms with van der Waals surface area (Å²) in [6.07, 6.45) is 0. The van der Waals surface area contributed by atoms with E-state index in [1.807, 2.05) is 18.2 Å². The Morgan fingerprint density at radius 1 is 1.04 bits per heavy atom. The van der Waals surface area contributed by atoms with Crippen molar-refractivity contribution >= 4 is 22.7 Å². The van der Waals surface area contributed by atoms with Crippen LogP contribution in [0, 0.1) is 0 Å². The first-order valence-corrected chi connectivity index (χ1v) is 8.56. The molecule has 28 heavy (non-hydrogen) atoms. The van der Waals surface area contributed by atoms with Crippen LogP contribution in [0.5, 0.6) is 5.75 Å². The van der Waals surface area contributed by atoms with Crippen molar-refractivity contribution in [1.29, 1.82) is 0 Å². The minimum atomic E-state index is -0.515. The van der Waals surface area contributed by atoms with Crippen molar-refractivity contribution in [2.75, 3.05) is 13.7 Å². The minimum Gasteiger partial charge on any atom is -0.496 e. The van der Waals surface area contributed by atoms with Crippen molar-refractivity contribution in [3.63, 3.8) is 0 Å². The average molecular weight is 381 g/mol. The van der Waals surface area contributed by atoms with Gasteiger partial charge in [0.1, 0.15) is 17.8 Å². The van der Waals surface area contributed by atoms with E-state index >= 15 is 0 Å². The van der Waals surface area contributed by atoms with Crippen LogP contribution in [0.2, 0.25) is 0 Å². The van der Waals surface area contributed by atoms with Crippen LogP contribution in [0.1, 0.15) is 5.56 Å². The highest BCUT2D eigenvalue weighted by molar-refractivity contribution is 5.84. The molecule has 2 N–H and O–H groups in total. The van der Waals surface area contributed by atoms with Gasteiger partial charge >= 0.3 is 0 Å². The lowest BCUT2D eigenvalue weighted by atomic mass is 10.2. The molecule has 2 amide bonds. The molecule has 2 aromatic carbocycles. The summed E-state index contributed by atoms with van der Waals surface area (Å²) in [6.45, 7) is -0.269. The number of nitrogens with one attached hydrogen (secondary N) is 2. The summed E-state index contributed by atoms with van der Waals surface area (Å²) in [5, 5.41) is 13.2. The largest absolute Gasteiger partial charge is 0.496 e. The topological polar surface area (TPSA) is 115 Å². The van der Waals surface area contributed by atoms with Crippen molar-refractivity contribution in [3.05, 3.63) is 64.4 Å². The number of hydrogen-bond donors (Lipinski definition) is 2. The van der Waals surface area contributed by atoms with Gasteiger partial charge in [0.15, 0.2) is 0 Å². The van der Waals surface area contributed by atoms with E-state index in [9.17, 15) is 14.4 Å². The highest BCUT2D eigenvalue weighted by Gasteiger charge is 2.11. The molecule has 0 unspecified atom stereocenters. The summed E-state index contributed by atoms with van der Waals surface area (Å²) in [5.74, 6) is -0.212. The van der Waals surface area contributed by atoms with Crippen molar-refractivity contribution in [2.24, 2.45) is 0 Å². The SMILES string of the molecule is COc1ccccc1CNC(=O)CNC(=O)Cn1nnc2ccccc2c1=O. The van der Waals surface area contributed by atoms with E-state index < -0.39 is 11.5 Å². The molecule has 1 heterocycles. The molecule has 0 atom stereocenters. The molecule has 0 aliphatic heterocycles. The van der Waals surface area contributed by atoms with Crippen LogP contribution >= 0.6 is 0 Å². The van der Waals surface area contributed by atoms with Gasteiger partial charge < -0.3 is 15.4 Å². The van der Waals surface area contributed by atoms with Crippen LogP contribution in [0.25, 0.3) is 10.9 Å². The Labute approximate surface area is 160 Å². The second-order valence-corrected chi connectivity index (χ2v) is 5.93. The van der Waals surface area contributed by atoms with Gasteiger partial charge in [-0.05, 0) is 18.2 Å². The lowest BCUT2D eigenvalue weighted by Crippen LogP contribution is -2.40. The number of amides is 2. The molecule has 0 aliphatic rings. The highest BCUT2D eigenvalue weighted by atomic mass is 16.5. The lowest BCUT2D eigenvalue weighted by Gasteiger charge is -2.10. The Bertz CT molecular complexity index is 1060. The number of carbonyl (C=O) groups is 2. The van der Waals surface area contributed by atoms with E-state index in [4.69, 9.17) is 4.74 Å². The Morgan fingerprint density at radius 3 is 2.61 bits per heavy atom. The first kappa shape index (κ1) is 19.0. The number of fused-ring (bicyclic) bond motifs is 1. The van der Waals surface area contributed by atoms with Crippen molar-refractivity contribution in [1.82, 2.24) is 25.6 Å². The molecule has 0 fully saturated rings. The molecule has 0 bridgehead atoms. The molecular formula is C19H19N5O4. The number of carbonyl (C=O) groups excluding carboxylic acids is 2. The highest BCUT2D eigenvalue weighted by Crippen LogP contribution is 2.16. The average Bonchev–Trinajstić information content (AvgIpc) is 2.73. The Morgan fingerprint density at radius 2 is 1.79 bits per heavy atom. The first-order valence-electron chi connectivity index (χ1n) is 8.56. The third kappa shape index (κ3) is 4.50. The van der Waals surface area contributed by atoms with Gasteiger partial charge in [0.25, 0.3) is 5.56 Å². The number of methoxy groups -OCH3 is 1. The summed E-state index contributed by atoms with van der Waals surface area (Å²) in [5.41, 5.74) is 0.865. The molecule has 0 saturated heterocycles. The number of para-hydroxylation sites is 1. The summed E-state index contributed by atoms with van der Waals surface area (Å²) >= 11 is 0. The molecule has 9 heteroatoms. The zero-order valence-corrected chi connectivity index (χ0v) is 15.2. The molecule has 3 aromatic rings. The smallest absolute Gasteiger partial charge is 0.278 e. The Hall–Kier alpha value is -3.75. The van der Waals surface area contributed by atoms with Crippen molar-refractivity contribution in [2.45, 2.75) is 13.1 Å². The van der Waals surface area contributed by atoms with E-state index in [0.29, 0.717) is 16.7 Å². The summed E-state index contributed by atoms with van der Waals surface area (Å²) < 4.78 is 6.18. The van der Waals surface area contributed by atoms with Gasteiger partial charge in [-0.3, -0.25) is 14.4 Å². The predicted octanol–water partition coefficient (Wildman–Crippen LogP) is 0.233. The molecule has 0 aliphatic carbocycles. The molecule has 0 radical (unpaired) electrons. The van der Waals surface area contributed by atoms with Gasteiger partial charge in [-0.1, -0.05) is 35.5 Å². The standard InChI is InChI=1S/C19H19N5O4/c1-28-16-9-5-2-6-13(16)10-20-17(25)11-21-18(26)12-24-19(27)14-7-3-4-8-15(14)22-23-24/h2-9H,10-12H2,1H3,(H,20,25)(H,21,26). The molecule has 9 nitrogen and oxygen atoms in total. The number of benzene rings is 2. The molecule has 1 aromatic heterocycles. The second-order valence-electron chi connectivity index (χ2n) is 5.93. The predicted molar refractivity (Wildman–Crippen MR) is 102 cm³/mol. The van der Waals surface area contributed by atoms with E-state index in [1.54, 1.807) is 37.4 Å². The fourth-order valence-electron chi connectivity index (χ4n) is 2.60. The summed E-state index contributed by atoms with van der Waals surface area (Å²) in [6, 6.07) is 14.1. The van der Waals surface area contributed by atoms with E-state index in [-0.39, 0.29) is 25.5 Å². The first-order chi connectivity index (χ1) is 13.6. The number of rotatable bonds is 7.